The molecule has 4 heteroatoms. The van der Waals surface area contributed by atoms with E-state index in [9.17, 15) is 4.79 Å². The summed E-state index contributed by atoms with van der Waals surface area (Å²) in [6, 6.07) is 0. The van der Waals surface area contributed by atoms with Crippen molar-refractivity contribution < 1.29 is 9.53 Å². The van der Waals surface area contributed by atoms with E-state index in [0.717, 1.165) is 6.54 Å². The third-order valence-electron chi connectivity index (χ3n) is 0.938. The molecule has 0 bridgehead atoms. The van der Waals surface area contributed by atoms with Gasteiger partial charge < -0.3 is 4.74 Å². The lowest BCUT2D eigenvalue weighted by atomic mass is 10.4. The quantitative estimate of drug-likeness (QED) is 0.522. The van der Waals surface area contributed by atoms with Crippen LogP contribution < -0.4 is 10.9 Å². The largest absolute Gasteiger partial charge is 0.384 e. The Morgan fingerprint density at radius 3 is 2.80 bits per heavy atom. The minimum atomic E-state index is -0.0382. The number of methoxy groups -OCH3 is 1. The average Bonchev–Trinajstić information content (AvgIpc) is 1.97. The predicted octanol–water partition coefficient (Wildman–Crippen LogP) is -0.336. The van der Waals surface area contributed by atoms with Crippen molar-refractivity contribution in [3.63, 3.8) is 0 Å². The molecule has 0 aliphatic heterocycles. The number of hydrogen-bond donors (Lipinski definition) is 2. The smallest absolute Gasteiger partial charge is 0.236 e. The summed E-state index contributed by atoms with van der Waals surface area (Å²) in [5, 5.41) is 0. The number of carbonyl (C=O) groups is 1. The molecule has 0 spiro atoms. The first-order valence-electron chi connectivity index (χ1n) is 3.32. The van der Waals surface area contributed by atoms with E-state index in [0.29, 0.717) is 13.0 Å². The molecule has 0 unspecified atom stereocenters. The zero-order valence-corrected chi connectivity index (χ0v) is 6.44. The minimum absolute atomic E-state index is 0.0382. The van der Waals surface area contributed by atoms with Crippen LogP contribution in [-0.2, 0) is 9.53 Å². The van der Waals surface area contributed by atoms with Crippen LogP contribution in [0.2, 0.25) is 0 Å². The van der Waals surface area contributed by atoms with E-state index in [-0.39, 0.29) is 5.91 Å². The van der Waals surface area contributed by atoms with Crippen molar-refractivity contribution in [3.05, 3.63) is 0 Å². The molecule has 0 aliphatic carbocycles. The topological polar surface area (TPSA) is 50.4 Å². The van der Waals surface area contributed by atoms with Crippen LogP contribution in [0.15, 0.2) is 0 Å². The first-order valence-corrected chi connectivity index (χ1v) is 3.32. The van der Waals surface area contributed by atoms with Crippen molar-refractivity contribution in [2.45, 2.75) is 13.3 Å². The first-order chi connectivity index (χ1) is 4.81. The van der Waals surface area contributed by atoms with E-state index in [4.69, 9.17) is 4.74 Å². The van der Waals surface area contributed by atoms with Gasteiger partial charge in [-0.3, -0.25) is 10.2 Å². The molecule has 0 aliphatic rings. The van der Waals surface area contributed by atoms with Gasteiger partial charge in [0.25, 0.3) is 0 Å². The van der Waals surface area contributed by atoms with Crippen LogP contribution in [-0.4, -0.2) is 26.2 Å². The van der Waals surface area contributed by atoms with Gasteiger partial charge in [-0.2, -0.15) is 0 Å². The van der Waals surface area contributed by atoms with E-state index in [1.165, 1.54) is 0 Å². The fourth-order valence-electron chi connectivity index (χ4n) is 0.444. The molecular weight excluding hydrogens is 132 g/mol. The summed E-state index contributed by atoms with van der Waals surface area (Å²) in [5.74, 6) is -0.0382. The van der Waals surface area contributed by atoms with Crippen LogP contribution in [0.3, 0.4) is 0 Å². The van der Waals surface area contributed by atoms with Gasteiger partial charge in [-0.25, -0.2) is 5.43 Å². The number of hydrogen-bond acceptors (Lipinski definition) is 3. The Bertz CT molecular complexity index is 85.7. The Hall–Kier alpha value is -0.610. The molecule has 2 N–H and O–H groups in total. The van der Waals surface area contributed by atoms with Crippen molar-refractivity contribution in [2.24, 2.45) is 0 Å². The minimum Gasteiger partial charge on any atom is -0.384 e. The molecule has 0 rings (SSSR count). The zero-order chi connectivity index (χ0) is 7.82. The molecular formula is C6H14N2O2. The lowest BCUT2D eigenvalue weighted by molar-refractivity contribution is -0.122. The first kappa shape index (κ1) is 9.39. The van der Waals surface area contributed by atoms with Gasteiger partial charge >= 0.3 is 0 Å². The Morgan fingerprint density at radius 2 is 2.30 bits per heavy atom. The van der Waals surface area contributed by atoms with Crippen LogP contribution in [0.25, 0.3) is 0 Å². The zero-order valence-electron chi connectivity index (χ0n) is 6.44. The number of nitrogens with one attached hydrogen (secondary N) is 2. The van der Waals surface area contributed by atoms with Gasteiger partial charge in [0.15, 0.2) is 0 Å². The summed E-state index contributed by atoms with van der Waals surface area (Å²) in [6.45, 7) is 3.12. The van der Waals surface area contributed by atoms with E-state index in [1.807, 2.05) is 6.92 Å². The summed E-state index contributed by atoms with van der Waals surface area (Å²) in [7, 11) is 1.57. The van der Waals surface area contributed by atoms with Gasteiger partial charge in [0.05, 0.1) is 13.0 Å². The standard InChI is InChI=1S/C6H14N2O2/c1-3-7-8-6(9)4-5-10-2/h7H,3-5H2,1-2H3,(H,8,9). The highest BCUT2D eigenvalue weighted by Gasteiger charge is 1.96. The van der Waals surface area contributed by atoms with Crippen molar-refractivity contribution in [1.82, 2.24) is 10.9 Å². The Morgan fingerprint density at radius 1 is 1.60 bits per heavy atom. The van der Waals surface area contributed by atoms with Gasteiger partial charge in [-0.15, -0.1) is 0 Å². The van der Waals surface area contributed by atoms with Crippen molar-refractivity contribution in [2.75, 3.05) is 20.3 Å². The molecule has 0 radical (unpaired) electrons. The highest BCUT2D eigenvalue weighted by molar-refractivity contribution is 5.75. The lowest BCUT2D eigenvalue weighted by Crippen LogP contribution is -2.37. The maximum atomic E-state index is 10.7. The molecule has 0 saturated heterocycles. The number of amides is 1. The van der Waals surface area contributed by atoms with Crippen LogP contribution in [0.5, 0.6) is 0 Å². The molecule has 0 aromatic carbocycles. The molecule has 60 valence electrons. The monoisotopic (exact) mass is 146 g/mol. The predicted molar refractivity (Wildman–Crippen MR) is 38.3 cm³/mol. The van der Waals surface area contributed by atoms with E-state index in [2.05, 4.69) is 10.9 Å². The third kappa shape index (κ3) is 5.53. The summed E-state index contributed by atoms with van der Waals surface area (Å²) >= 11 is 0. The summed E-state index contributed by atoms with van der Waals surface area (Å²) in [6.07, 6.45) is 0.406. The summed E-state index contributed by atoms with van der Waals surface area (Å²) in [4.78, 5) is 10.7. The van der Waals surface area contributed by atoms with Crippen LogP contribution in [0.4, 0.5) is 0 Å². The lowest BCUT2D eigenvalue weighted by Gasteiger charge is -2.02. The van der Waals surface area contributed by atoms with Gasteiger partial charge in [-0.05, 0) is 0 Å². The number of rotatable bonds is 5. The van der Waals surface area contributed by atoms with E-state index < -0.39 is 0 Å². The van der Waals surface area contributed by atoms with Gasteiger partial charge in [0.1, 0.15) is 0 Å². The Balaban J connectivity index is 3.09. The molecule has 4 nitrogen and oxygen atoms in total. The maximum Gasteiger partial charge on any atom is 0.236 e. The molecule has 0 fully saturated rings. The molecule has 0 heterocycles. The fourth-order valence-corrected chi connectivity index (χ4v) is 0.444. The maximum absolute atomic E-state index is 10.7. The highest BCUT2D eigenvalue weighted by atomic mass is 16.5. The third-order valence-corrected chi connectivity index (χ3v) is 0.938. The molecule has 0 atom stereocenters. The van der Waals surface area contributed by atoms with E-state index in [1.54, 1.807) is 7.11 Å². The molecule has 10 heavy (non-hydrogen) atoms. The van der Waals surface area contributed by atoms with Gasteiger partial charge in [0.2, 0.25) is 5.91 Å². The second-order valence-electron chi connectivity index (χ2n) is 1.82. The van der Waals surface area contributed by atoms with Gasteiger partial charge in [0, 0.05) is 13.7 Å². The molecule has 0 saturated carbocycles. The fraction of sp³-hybridized carbons (Fsp3) is 0.833. The van der Waals surface area contributed by atoms with Crippen molar-refractivity contribution in [1.29, 1.82) is 0 Å². The highest BCUT2D eigenvalue weighted by Crippen LogP contribution is 1.77. The number of ether oxygens (including phenoxy) is 1. The number of carbonyl (C=O) groups excluding carboxylic acids is 1. The van der Waals surface area contributed by atoms with Gasteiger partial charge in [-0.1, -0.05) is 6.92 Å². The molecule has 0 aromatic heterocycles. The van der Waals surface area contributed by atoms with Crippen LogP contribution >= 0.6 is 0 Å². The summed E-state index contributed by atoms with van der Waals surface area (Å²) < 4.78 is 4.70. The second kappa shape index (κ2) is 6.51. The SMILES string of the molecule is CCNNC(=O)CCOC. The van der Waals surface area contributed by atoms with Crippen LogP contribution in [0, 0.1) is 0 Å². The summed E-state index contributed by atoms with van der Waals surface area (Å²) in [5.41, 5.74) is 5.20. The van der Waals surface area contributed by atoms with Crippen molar-refractivity contribution in [3.8, 4) is 0 Å². The molecule has 1 amide bonds. The van der Waals surface area contributed by atoms with Crippen LogP contribution in [0.1, 0.15) is 13.3 Å². The normalized spacial score (nSPS) is 9.40. The average molecular weight is 146 g/mol. The second-order valence-corrected chi connectivity index (χ2v) is 1.82. The van der Waals surface area contributed by atoms with E-state index >= 15 is 0 Å². The van der Waals surface area contributed by atoms with Crippen molar-refractivity contribution >= 4 is 5.91 Å². The Kier molecular flexibility index (Phi) is 6.11. The molecule has 0 aromatic rings. The Labute approximate surface area is 60.9 Å². The number of hydrazine groups is 1.